The second-order valence-corrected chi connectivity index (χ2v) is 11.2. The number of furan rings is 1. The second kappa shape index (κ2) is 10.2. The topological polar surface area (TPSA) is 51.8 Å². The Morgan fingerprint density at radius 2 is 1.02 bits per heavy atom. The van der Waals surface area contributed by atoms with E-state index in [0.29, 0.717) is 17.5 Å². The molecule has 9 rings (SSSR count). The van der Waals surface area contributed by atoms with Gasteiger partial charge >= 0.3 is 0 Å². The molecule has 0 saturated heterocycles. The van der Waals surface area contributed by atoms with Gasteiger partial charge in [0.2, 0.25) is 0 Å². The monoisotopic (exact) mass is 575 g/mol. The summed E-state index contributed by atoms with van der Waals surface area (Å²) >= 11 is 0. The molecular formula is C41H25N3O. The Balaban J connectivity index is 1.38. The number of fused-ring (bicyclic) bond motifs is 6. The quantitative estimate of drug-likeness (QED) is 0.209. The van der Waals surface area contributed by atoms with Gasteiger partial charge in [0.05, 0.1) is 0 Å². The van der Waals surface area contributed by atoms with Gasteiger partial charge in [0.25, 0.3) is 0 Å². The van der Waals surface area contributed by atoms with Crippen LogP contribution in [0, 0.1) is 0 Å². The van der Waals surface area contributed by atoms with E-state index in [9.17, 15) is 0 Å². The second-order valence-electron chi connectivity index (χ2n) is 11.2. The highest BCUT2D eigenvalue weighted by Gasteiger charge is 2.21. The Hall–Kier alpha value is -6.13. The number of aromatic nitrogens is 3. The summed E-state index contributed by atoms with van der Waals surface area (Å²) in [7, 11) is 0. The molecule has 0 spiro atoms. The van der Waals surface area contributed by atoms with Crippen molar-refractivity contribution in [3.05, 3.63) is 152 Å². The van der Waals surface area contributed by atoms with Crippen molar-refractivity contribution in [3.8, 4) is 45.3 Å². The maximum Gasteiger partial charge on any atom is 0.164 e. The number of hydrogen-bond acceptors (Lipinski definition) is 4. The van der Waals surface area contributed by atoms with Crippen LogP contribution in [0.25, 0.3) is 88.8 Å². The molecule has 0 bridgehead atoms. The molecule has 2 heterocycles. The van der Waals surface area contributed by atoms with E-state index in [2.05, 4.69) is 103 Å². The highest BCUT2D eigenvalue weighted by atomic mass is 16.3. The summed E-state index contributed by atoms with van der Waals surface area (Å²) in [4.78, 5) is 15.3. The van der Waals surface area contributed by atoms with Crippen LogP contribution in [-0.4, -0.2) is 15.0 Å². The summed E-state index contributed by atoms with van der Waals surface area (Å²) in [5, 5.41) is 6.48. The molecule has 9 aromatic rings. The summed E-state index contributed by atoms with van der Waals surface area (Å²) in [5.41, 5.74) is 6.76. The molecule has 0 saturated carbocycles. The van der Waals surface area contributed by atoms with Gasteiger partial charge in [-0.05, 0) is 45.5 Å². The standard InChI is InChI=1S/C41H25N3O/c1-3-13-27(14-4-1)31-19-11-20-33-35(25-34-32-18-9-10-21-36(32)45-38(34)37(31)33)41-43-39(28-15-5-2-6-16-28)42-40(44-41)30-23-22-26-12-7-8-17-29(26)24-30/h1-25H. The van der Waals surface area contributed by atoms with E-state index in [0.717, 1.165) is 65.9 Å². The zero-order valence-electron chi connectivity index (χ0n) is 24.2. The van der Waals surface area contributed by atoms with Crippen LogP contribution in [0.2, 0.25) is 0 Å². The van der Waals surface area contributed by atoms with Crippen LogP contribution in [0.3, 0.4) is 0 Å². The molecule has 210 valence electrons. The molecular weight excluding hydrogens is 550 g/mol. The normalized spacial score (nSPS) is 11.6. The minimum Gasteiger partial charge on any atom is -0.455 e. The highest BCUT2D eigenvalue weighted by Crippen LogP contribution is 2.43. The first-order valence-corrected chi connectivity index (χ1v) is 15.0. The maximum atomic E-state index is 6.59. The Morgan fingerprint density at radius 3 is 1.84 bits per heavy atom. The number of para-hydroxylation sites is 1. The maximum absolute atomic E-state index is 6.59. The molecule has 0 atom stereocenters. The van der Waals surface area contributed by atoms with Crippen molar-refractivity contribution in [2.24, 2.45) is 0 Å². The SMILES string of the molecule is c1ccc(-c2nc(-c3ccc4ccccc4c3)nc(-c3cc4c5ccccc5oc4c4c(-c5ccccc5)cccc34)n2)cc1. The lowest BCUT2D eigenvalue weighted by molar-refractivity contribution is 0.673. The van der Waals surface area contributed by atoms with Crippen LogP contribution in [0.15, 0.2) is 156 Å². The predicted octanol–water partition coefficient (Wildman–Crippen LogP) is 10.7. The smallest absolute Gasteiger partial charge is 0.164 e. The van der Waals surface area contributed by atoms with Crippen LogP contribution < -0.4 is 0 Å². The molecule has 0 aliphatic carbocycles. The molecule has 2 aromatic heterocycles. The fourth-order valence-electron chi connectivity index (χ4n) is 6.35. The summed E-state index contributed by atoms with van der Waals surface area (Å²) in [6.45, 7) is 0. The first-order chi connectivity index (χ1) is 22.3. The third-order valence-corrected chi connectivity index (χ3v) is 8.51. The lowest BCUT2D eigenvalue weighted by Crippen LogP contribution is -2.01. The summed E-state index contributed by atoms with van der Waals surface area (Å²) < 4.78 is 6.59. The Labute approximate surface area is 259 Å². The lowest BCUT2D eigenvalue weighted by atomic mass is 9.93. The lowest BCUT2D eigenvalue weighted by Gasteiger charge is -2.13. The fourth-order valence-corrected chi connectivity index (χ4v) is 6.35. The van der Waals surface area contributed by atoms with E-state index in [1.165, 1.54) is 5.39 Å². The molecule has 0 unspecified atom stereocenters. The third-order valence-electron chi connectivity index (χ3n) is 8.51. The average Bonchev–Trinajstić information content (AvgIpc) is 3.50. The minimum absolute atomic E-state index is 0.620. The van der Waals surface area contributed by atoms with E-state index < -0.39 is 0 Å². The Morgan fingerprint density at radius 1 is 0.378 bits per heavy atom. The number of benzene rings is 7. The molecule has 0 aliphatic heterocycles. The number of rotatable bonds is 4. The van der Waals surface area contributed by atoms with Crippen molar-refractivity contribution in [2.45, 2.75) is 0 Å². The Kier molecular flexibility index (Phi) is 5.78. The average molecular weight is 576 g/mol. The Bertz CT molecular complexity index is 2540. The van der Waals surface area contributed by atoms with E-state index in [1.807, 2.05) is 48.5 Å². The van der Waals surface area contributed by atoms with Crippen LogP contribution in [-0.2, 0) is 0 Å². The molecule has 4 heteroatoms. The van der Waals surface area contributed by atoms with Crippen molar-refractivity contribution in [1.82, 2.24) is 15.0 Å². The largest absolute Gasteiger partial charge is 0.455 e. The summed E-state index contributed by atoms with van der Waals surface area (Å²) in [6, 6.07) is 52.1. The highest BCUT2D eigenvalue weighted by molar-refractivity contribution is 6.22. The van der Waals surface area contributed by atoms with Gasteiger partial charge in [-0.1, -0.05) is 133 Å². The number of hydrogen-bond donors (Lipinski definition) is 0. The van der Waals surface area contributed by atoms with Gasteiger partial charge in [0.15, 0.2) is 17.5 Å². The van der Waals surface area contributed by atoms with Gasteiger partial charge in [0, 0.05) is 32.8 Å². The third kappa shape index (κ3) is 4.27. The molecule has 0 amide bonds. The number of nitrogens with zero attached hydrogens (tertiary/aromatic N) is 3. The van der Waals surface area contributed by atoms with E-state index in [4.69, 9.17) is 19.4 Å². The van der Waals surface area contributed by atoms with Crippen molar-refractivity contribution < 1.29 is 4.42 Å². The first-order valence-electron chi connectivity index (χ1n) is 15.0. The summed E-state index contributed by atoms with van der Waals surface area (Å²) in [6.07, 6.45) is 0. The predicted molar refractivity (Wildman–Crippen MR) is 184 cm³/mol. The van der Waals surface area contributed by atoms with Crippen molar-refractivity contribution in [3.63, 3.8) is 0 Å². The first kappa shape index (κ1) is 25.4. The minimum atomic E-state index is 0.620. The molecule has 0 N–H and O–H groups in total. The van der Waals surface area contributed by atoms with Gasteiger partial charge in [-0.3, -0.25) is 0 Å². The fraction of sp³-hybridized carbons (Fsp3) is 0. The van der Waals surface area contributed by atoms with E-state index in [1.54, 1.807) is 0 Å². The molecule has 7 aromatic carbocycles. The summed E-state index contributed by atoms with van der Waals surface area (Å²) in [5.74, 6) is 1.89. The van der Waals surface area contributed by atoms with E-state index >= 15 is 0 Å². The molecule has 45 heavy (non-hydrogen) atoms. The van der Waals surface area contributed by atoms with Crippen LogP contribution in [0.1, 0.15) is 0 Å². The molecule has 0 aliphatic rings. The van der Waals surface area contributed by atoms with Crippen molar-refractivity contribution in [1.29, 1.82) is 0 Å². The van der Waals surface area contributed by atoms with Gasteiger partial charge in [0.1, 0.15) is 11.2 Å². The van der Waals surface area contributed by atoms with Gasteiger partial charge < -0.3 is 4.42 Å². The van der Waals surface area contributed by atoms with Crippen molar-refractivity contribution in [2.75, 3.05) is 0 Å². The molecule has 0 radical (unpaired) electrons. The van der Waals surface area contributed by atoms with Crippen LogP contribution >= 0.6 is 0 Å². The van der Waals surface area contributed by atoms with Crippen molar-refractivity contribution >= 4 is 43.5 Å². The van der Waals surface area contributed by atoms with E-state index in [-0.39, 0.29) is 0 Å². The zero-order chi connectivity index (χ0) is 29.7. The van der Waals surface area contributed by atoms with Gasteiger partial charge in [-0.25, -0.2) is 15.0 Å². The molecule has 4 nitrogen and oxygen atoms in total. The molecule has 0 fully saturated rings. The van der Waals surface area contributed by atoms with Gasteiger partial charge in [-0.15, -0.1) is 0 Å². The van der Waals surface area contributed by atoms with Gasteiger partial charge in [-0.2, -0.15) is 0 Å². The van der Waals surface area contributed by atoms with Crippen LogP contribution in [0.5, 0.6) is 0 Å². The zero-order valence-corrected chi connectivity index (χ0v) is 24.2. The van der Waals surface area contributed by atoms with Crippen LogP contribution in [0.4, 0.5) is 0 Å².